The van der Waals surface area contributed by atoms with Gasteiger partial charge in [-0.1, -0.05) is 71.8 Å². The normalized spacial score (nSPS) is 23.2. The average molecular weight is 322 g/mol. The zero-order valence-electron chi connectivity index (χ0n) is 15.8. The van der Waals surface area contributed by atoms with E-state index in [1.165, 1.54) is 12.8 Å². The van der Waals surface area contributed by atoms with E-state index in [4.69, 9.17) is 5.53 Å². The molecule has 0 aliphatic heterocycles. The molecule has 0 spiro atoms. The summed E-state index contributed by atoms with van der Waals surface area (Å²) in [7, 11) is -1.58. The van der Waals surface area contributed by atoms with Crippen LogP contribution in [0.15, 0.2) is 16.4 Å². The van der Waals surface area contributed by atoms with E-state index in [0.717, 1.165) is 16.6 Å². The van der Waals surface area contributed by atoms with E-state index >= 15 is 0 Å². The molecule has 4 heteroatoms. The Bertz CT molecular complexity index is 423. The summed E-state index contributed by atoms with van der Waals surface area (Å²) in [4.78, 5) is 3.14. The van der Waals surface area contributed by atoms with E-state index in [-0.39, 0.29) is 6.04 Å². The summed E-state index contributed by atoms with van der Waals surface area (Å²) in [6.07, 6.45) is 4.77. The molecule has 0 saturated carbocycles. The van der Waals surface area contributed by atoms with Gasteiger partial charge in [0.1, 0.15) is 0 Å². The molecule has 0 aromatic heterocycles. The quantitative estimate of drug-likeness (QED) is 0.222. The summed E-state index contributed by atoms with van der Waals surface area (Å²) in [5.74, 6) is 1.07. The summed E-state index contributed by atoms with van der Waals surface area (Å²) in [5.41, 5.74) is 11.1. The fraction of sp³-hybridized carbons (Fsp3) is 0.889. The number of rotatable bonds is 6. The predicted molar refractivity (Wildman–Crippen MR) is 99.6 cm³/mol. The third-order valence-corrected chi connectivity index (χ3v) is 13.3. The molecule has 3 nitrogen and oxygen atoms in total. The molecule has 0 bridgehead atoms. The highest BCUT2D eigenvalue weighted by molar-refractivity contribution is 6.89. The molecule has 2 unspecified atom stereocenters. The molecule has 22 heavy (non-hydrogen) atoms. The van der Waals surface area contributed by atoms with Crippen molar-refractivity contribution in [3.05, 3.63) is 21.7 Å². The minimum absolute atomic E-state index is 0.0527. The van der Waals surface area contributed by atoms with Crippen LogP contribution in [0.2, 0.25) is 16.6 Å². The maximum atomic E-state index is 8.98. The summed E-state index contributed by atoms with van der Waals surface area (Å²) in [6, 6.07) is 0.0527. The zero-order valence-corrected chi connectivity index (χ0v) is 16.8. The summed E-state index contributed by atoms with van der Waals surface area (Å²) < 4.78 is 0. The Labute approximate surface area is 138 Å². The van der Waals surface area contributed by atoms with Gasteiger partial charge in [0.15, 0.2) is 0 Å². The first kappa shape index (κ1) is 19.3. The summed E-state index contributed by atoms with van der Waals surface area (Å²) in [5, 5.41) is 5.82. The first-order valence-electron chi connectivity index (χ1n) is 8.94. The SMILES string of the molecule is CC(C)C1CCC([Si](C(C)C)(C(C)C)C(C)C)=CC1N=[N+]=[N-]. The number of allylic oxidation sites excluding steroid dienone is 1. The van der Waals surface area contributed by atoms with E-state index in [9.17, 15) is 0 Å². The highest BCUT2D eigenvalue weighted by atomic mass is 28.3. The van der Waals surface area contributed by atoms with Gasteiger partial charge in [0, 0.05) is 4.91 Å². The predicted octanol–water partition coefficient (Wildman–Crippen LogP) is 6.88. The fourth-order valence-electron chi connectivity index (χ4n) is 5.29. The lowest BCUT2D eigenvalue weighted by Gasteiger charge is -2.48. The largest absolute Gasteiger partial charge is 0.0886 e. The minimum Gasteiger partial charge on any atom is -0.0863 e. The fourth-order valence-corrected chi connectivity index (χ4v) is 12.5. The summed E-state index contributed by atoms with van der Waals surface area (Å²) >= 11 is 0. The van der Waals surface area contributed by atoms with Crippen molar-refractivity contribution in [2.45, 2.75) is 90.9 Å². The number of hydrogen-bond acceptors (Lipinski definition) is 1. The molecule has 0 aromatic carbocycles. The van der Waals surface area contributed by atoms with Gasteiger partial charge in [0.2, 0.25) is 0 Å². The molecule has 126 valence electrons. The average Bonchev–Trinajstić information content (AvgIpc) is 2.38. The molecular weight excluding hydrogens is 286 g/mol. The molecule has 2 atom stereocenters. The second-order valence-electron chi connectivity index (χ2n) is 8.23. The van der Waals surface area contributed by atoms with E-state index < -0.39 is 8.07 Å². The van der Waals surface area contributed by atoms with Crippen LogP contribution in [0.25, 0.3) is 10.4 Å². The van der Waals surface area contributed by atoms with Crippen LogP contribution in [-0.2, 0) is 0 Å². The lowest BCUT2D eigenvalue weighted by atomic mass is 9.81. The van der Waals surface area contributed by atoms with Crippen LogP contribution in [-0.4, -0.2) is 14.1 Å². The third kappa shape index (κ3) is 3.43. The van der Waals surface area contributed by atoms with Crippen LogP contribution < -0.4 is 0 Å². The van der Waals surface area contributed by atoms with Crippen molar-refractivity contribution in [1.82, 2.24) is 0 Å². The maximum Gasteiger partial charge on any atom is 0.0886 e. The molecule has 1 aliphatic rings. The van der Waals surface area contributed by atoms with Crippen molar-refractivity contribution < 1.29 is 0 Å². The molecule has 0 N–H and O–H groups in total. The third-order valence-electron chi connectivity index (χ3n) is 6.02. The van der Waals surface area contributed by atoms with Crippen LogP contribution in [0.1, 0.15) is 68.2 Å². The van der Waals surface area contributed by atoms with E-state index in [1.807, 2.05) is 0 Å². The molecule has 1 rings (SSSR count). The Morgan fingerprint density at radius 2 is 1.55 bits per heavy atom. The van der Waals surface area contributed by atoms with E-state index in [2.05, 4.69) is 71.5 Å². The topological polar surface area (TPSA) is 48.8 Å². The highest BCUT2D eigenvalue weighted by Gasteiger charge is 2.47. The standard InChI is InChI=1S/C18H35N3Si/c1-12(2)17-10-9-16(11-18(17)20-21-19)22(13(3)4,14(5)6)15(7)8/h11-15,17-18H,9-10H2,1-8H3. The van der Waals surface area contributed by atoms with Gasteiger partial charge in [-0.15, -0.1) is 0 Å². The Kier molecular flexibility index (Phi) is 6.76. The molecule has 0 heterocycles. The van der Waals surface area contributed by atoms with Crippen molar-refractivity contribution in [1.29, 1.82) is 0 Å². The minimum atomic E-state index is -1.58. The van der Waals surface area contributed by atoms with Crippen LogP contribution in [0, 0.1) is 11.8 Å². The molecule has 0 aromatic rings. The Morgan fingerprint density at radius 1 is 1.05 bits per heavy atom. The zero-order chi connectivity index (χ0) is 17.1. The maximum absolute atomic E-state index is 8.98. The van der Waals surface area contributed by atoms with Gasteiger partial charge in [-0.3, -0.25) is 0 Å². The van der Waals surface area contributed by atoms with Gasteiger partial charge in [0.25, 0.3) is 0 Å². The Hall–Kier alpha value is -0.733. The van der Waals surface area contributed by atoms with Crippen LogP contribution in [0.4, 0.5) is 0 Å². The first-order chi connectivity index (χ1) is 10.2. The van der Waals surface area contributed by atoms with Gasteiger partial charge in [-0.05, 0) is 46.8 Å². The van der Waals surface area contributed by atoms with Crippen LogP contribution in [0.5, 0.6) is 0 Å². The van der Waals surface area contributed by atoms with Crippen molar-refractivity contribution in [2.75, 3.05) is 0 Å². The van der Waals surface area contributed by atoms with Gasteiger partial charge < -0.3 is 0 Å². The second-order valence-corrected chi connectivity index (χ2v) is 14.2. The second kappa shape index (κ2) is 7.70. The van der Waals surface area contributed by atoms with Crippen LogP contribution >= 0.6 is 0 Å². The highest BCUT2D eigenvalue weighted by Crippen LogP contribution is 2.50. The van der Waals surface area contributed by atoms with Crippen molar-refractivity contribution in [3.8, 4) is 0 Å². The molecule has 0 amide bonds. The first-order valence-corrected chi connectivity index (χ1v) is 11.2. The molecule has 0 fully saturated rings. The van der Waals surface area contributed by atoms with E-state index in [1.54, 1.807) is 5.20 Å². The van der Waals surface area contributed by atoms with Crippen molar-refractivity contribution in [2.24, 2.45) is 17.0 Å². The Morgan fingerprint density at radius 3 is 1.91 bits per heavy atom. The van der Waals surface area contributed by atoms with Crippen LogP contribution in [0.3, 0.4) is 0 Å². The smallest absolute Gasteiger partial charge is 0.0863 e. The van der Waals surface area contributed by atoms with Crippen molar-refractivity contribution in [3.63, 3.8) is 0 Å². The lowest BCUT2D eigenvalue weighted by molar-refractivity contribution is 0.317. The molecule has 0 saturated heterocycles. The molecular formula is C18H35N3Si. The Balaban J connectivity index is 3.37. The number of hydrogen-bond donors (Lipinski definition) is 0. The van der Waals surface area contributed by atoms with Gasteiger partial charge in [-0.2, -0.15) is 0 Å². The lowest BCUT2D eigenvalue weighted by Crippen LogP contribution is -2.48. The molecule has 0 radical (unpaired) electrons. The van der Waals surface area contributed by atoms with Gasteiger partial charge in [-0.25, -0.2) is 0 Å². The molecule has 1 aliphatic carbocycles. The number of azide groups is 1. The monoisotopic (exact) mass is 321 g/mol. The van der Waals surface area contributed by atoms with Gasteiger partial charge >= 0.3 is 0 Å². The number of nitrogens with zero attached hydrogens (tertiary/aromatic N) is 3. The summed E-state index contributed by atoms with van der Waals surface area (Å²) in [6.45, 7) is 18.9. The van der Waals surface area contributed by atoms with Gasteiger partial charge in [0.05, 0.1) is 14.1 Å². The van der Waals surface area contributed by atoms with E-state index in [0.29, 0.717) is 11.8 Å². The van der Waals surface area contributed by atoms with Crippen molar-refractivity contribution >= 4 is 8.07 Å².